The van der Waals surface area contributed by atoms with Crippen LogP contribution in [0.25, 0.3) is 0 Å². The molecule has 0 aliphatic carbocycles. The minimum atomic E-state index is -0.501. The Morgan fingerprint density at radius 1 is 1.64 bits per heavy atom. The SMILES string of the molecule is CCC(O)C1CCCNC1O. The van der Waals surface area contributed by atoms with E-state index < -0.39 is 6.23 Å². The van der Waals surface area contributed by atoms with Crippen LogP contribution in [0.3, 0.4) is 0 Å². The first-order valence-corrected chi connectivity index (χ1v) is 4.35. The second-order valence-corrected chi connectivity index (χ2v) is 3.18. The minimum Gasteiger partial charge on any atom is -0.393 e. The van der Waals surface area contributed by atoms with Gasteiger partial charge in [0.25, 0.3) is 0 Å². The highest BCUT2D eigenvalue weighted by Gasteiger charge is 2.27. The molecule has 0 aromatic heterocycles. The van der Waals surface area contributed by atoms with Gasteiger partial charge in [0.05, 0.1) is 6.10 Å². The second-order valence-electron chi connectivity index (χ2n) is 3.18. The molecule has 1 saturated heterocycles. The zero-order valence-electron chi connectivity index (χ0n) is 6.95. The van der Waals surface area contributed by atoms with Gasteiger partial charge >= 0.3 is 0 Å². The summed E-state index contributed by atoms with van der Waals surface area (Å²) in [5.74, 6) is 0.0359. The maximum Gasteiger partial charge on any atom is 0.110 e. The molecule has 0 aromatic rings. The highest BCUT2D eigenvalue weighted by molar-refractivity contribution is 4.78. The van der Waals surface area contributed by atoms with E-state index in [4.69, 9.17) is 0 Å². The summed E-state index contributed by atoms with van der Waals surface area (Å²) in [6.07, 6.45) is 1.86. The lowest BCUT2D eigenvalue weighted by Gasteiger charge is -2.31. The normalized spacial score (nSPS) is 35.2. The Morgan fingerprint density at radius 3 is 2.91 bits per heavy atom. The number of hydrogen-bond acceptors (Lipinski definition) is 3. The smallest absolute Gasteiger partial charge is 0.110 e. The lowest BCUT2D eigenvalue weighted by atomic mass is 9.90. The fraction of sp³-hybridized carbons (Fsp3) is 1.00. The Labute approximate surface area is 67.4 Å². The fourth-order valence-corrected chi connectivity index (χ4v) is 1.60. The average Bonchev–Trinajstić information content (AvgIpc) is 2.04. The van der Waals surface area contributed by atoms with E-state index >= 15 is 0 Å². The highest BCUT2D eigenvalue weighted by Crippen LogP contribution is 2.20. The molecule has 3 atom stereocenters. The minimum absolute atomic E-state index is 0.0359. The summed E-state index contributed by atoms with van der Waals surface area (Å²) in [5.41, 5.74) is 0. The van der Waals surface area contributed by atoms with Crippen molar-refractivity contribution in [2.75, 3.05) is 6.54 Å². The number of aliphatic hydroxyl groups is 2. The quantitative estimate of drug-likeness (QED) is 0.534. The van der Waals surface area contributed by atoms with Crippen LogP contribution in [0.2, 0.25) is 0 Å². The van der Waals surface area contributed by atoms with Gasteiger partial charge in [0.2, 0.25) is 0 Å². The lowest BCUT2D eigenvalue weighted by Crippen LogP contribution is -2.45. The number of piperidine rings is 1. The van der Waals surface area contributed by atoms with Crippen molar-refractivity contribution in [3.63, 3.8) is 0 Å². The van der Waals surface area contributed by atoms with Gasteiger partial charge in [-0.1, -0.05) is 6.92 Å². The molecule has 0 amide bonds. The van der Waals surface area contributed by atoms with Crippen LogP contribution in [0.15, 0.2) is 0 Å². The summed E-state index contributed by atoms with van der Waals surface area (Å²) in [6.45, 7) is 2.81. The van der Waals surface area contributed by atoms with Crippen molar-refractivity contribution in [1.82, 2.24) is 5.32 Å². The summed E-state index contributed by atoms with van der Waals surface area (Å²) in [5, 5.41) is 21.8. The zero-order valence-corrected chi connectivity index (χ0v) is 6.95. The van der Waals surface area contributed by atoms with Crippen molar-refractivity contribution in [3.8, 4) is 0 Å². The summed E-state index contributed by atoms with van der Waals surface area (Å²) in [4.78, 5) is 0. The van der Waals surface area contributed by atoms with Gasteiger partial charge in [-0.15, -0.1) is 0 Å². The van der Waals surface area contributed by atoms with E-state index in [0.717, 1.165) is 25.8 Å². The van der Waals surface area contributed by atoms with Gasteiger partial charge in [0.1, 0.15) is 6.23 Å². The third-order valence-electron chi connectivity index (χ3n) is 2.39. The zero-order chi connectivity index (χ0) is 8.27. The molecular formula is C8H17NO2. The molecule has 0 bridgehead atoms. The van der Waals surface area contributed by atoms with Crippen LogP contribution in [-0.2, 0) is 0 Å². The fourth-order valence-electron chi connectivity index (χ4n) is 1.60. The number of nitrogens with one attached hydrogen (secondary N) is 1. The first-order valence-electron chi connectivity index (χ1n) is 4.35. The van der Waals surface area contributed by atoms with Crippen LogP contribution < -0.4 is 5.32 Å². The Kier molecular flexibility index (Phi) is 3.30. The molecule has 1 rings (SSSR count). The molecule has 0 spiro atoms. The van der Waals surface area contributed by atoms with Crippen molar-refractivity contribution >= 4 is 0 Å². The summed E-state index contributed by atoms with van der Waals surface area (Å²) < 4.78 is 0. The van der Waals surface area contributed by atoms with Crippen LogP contribution in [-0.4, -0.2) is 29.1 Å². The predicted octanol–water partition coefficient (Wildman–Crippen LogP) is 0.0753. The molecule has 66 valence electrons. The van der Waals surface area contributed by atoms with Crippen molar-refractivity contribution < 1.29 is 10.2 Å². The van der Waals surface area contributed by atoms with Crippen LogP contribution >= 0.6 is 0 Å². The molecular weight excluding hydrogens is 142 g/mol. The van der Waals surface area contributed by atoms with Crippen LogP contribution in [0.4, 0.5) is 0 Å². The topological polar surface area (TPSA) is 52.5 Å². The number of rotatable bonds is 2. The molecule has 1 heterocycles. The maximum absolute atomic E-state index is 9.45. The van der Waals surface area contributed by atoms with E-state index in [2.05, 4.69) is 5.32 Å². The van der Waals surface area contributed by atoms with Gasteiger partial charge in [-0.25, -0.2) is 0 Å². The van der Waals surface area contributed by atoms with Gasteiger partial charge in [0, 0.05) is 5.92 Å². The molecule has 0 saturated carbocycles. The van der Waals surface area contributed by atoms with E-state index in [9.17, 15) is 10.2 Å². The van der Waals surface area contributed by atoms with E-state index in [1.165, 1.54) is 0 Å². The van der Waals surface area contributed by atoms with E-state index in [-0.39, 0.29) is 12.0 Å². The van der Waals surface area contributed by atoms with Gasteiger partial charge < -0.3 is 10.2 Å². The predicted molar refractivity (Wildman–Crippen MR) is 43.0 cm³/mol. The van der Waals surface area contributed by atoms with Crippen LogP contribution in [0.5, 0.6) is 0 Å². The van der Waals surface area contributed by atoms with Gasteiger partial charge in [-0.3, -0.25) is 5.32 Å². The van der Waals surface area contributed by atoms with Gasteiger partial charge in [0.15, 0.2) is 0 Å². The Morgan fingerprint density at radius 2 is 2.36 bits per heavy atom. The first-order chi connectivity index (χ1) is 5.25. The van der Waals surface area contributed by atoms with E-state index in [0.29, 0.717) is 0 Å². The first kappa shape index (κ1) is 8.97. The molecule has 3 heteroatoms. The Bertz CT molecular complexity index is 115. The monoisotopic (exact) mass is 159 g/mol. The van der Waals surface area contributed by atoms with Crippen molar-refractivity contribution in [1.29, 1.82) is 0 Å². The molecule has 1 fully saturated rings. The van der Waals surface area contributed by atoms with E-state index in [1.54, 1.807) is 0 Å². The van der Waals surface area contributed by atoms with Crippen molar-refractivity contribution in [2.45, 2.75) is 38.5 Å². The maximum atomic E-state index is 9.45. The molecule has 3 N–H and O–H groups in total. The molecule has 11 heavy (non-hydrogen) atoms. The van der Waals surface area contributed by atoms with Gasteiger partial charge in [-0.2, -0.15) is 0 Å². The lowest BCUT2D eigenvalue weighted by molar-refractivity contribution is -0.0255. The Hall–Kier alpha value is -0.120. The molecule has 1 aliphatic rings. The average molecular weight is 159 g/mol. The molecule has 0 radical (unpaired) electrons. The largest absolute Gasteiger partial charge is 0.393 e. The standard InChI is InChI=1S/C8H17NO2/c1-2-7(10)6-4-3-5-9-8(6)11/h6-11H,2-5H2,1H3. The van der Waals surface area contributed by atoms with Gasteiger partial charge in [-0.05, 0) is 25.8 Å². The number of aliphatic hydroxyl groups excluding tert-OH is 2. The highest BCUT2D eigenvalue weighted by atomic mass is 16.3. The third-order valence-corrected chi connectivity index (χ3v) is 2.39. The van der Waals surface area contributed by atoms with Crippen molar-refractivity contribution in [2.24, 2.45) is 5.92 Å². The number of hydrogen-bond donors (Lipinski definition) is 3. The molecule has 3 unspecified atom stereocenters. The summed E-state index contributed by atoms with van der Waals surface area (Å²) in [6, 6.07) is 0. The van der Waals surface area contributed by atoms with Crippen LogP contribution in [0, 0.1) is 5.92 Å². The van der Waals surface area contributed by atoms with Crippen molar-refractivity contribution in [3.05, 3.63) is 0 Å². The Balaban J connectivity index is 2.40. The summed E-state index contributed by atoms with van der Waals surface area (Å²) in [7, 11) is 0. The third kappa shape index (κ3) is 2.15. The van der Waals surface area contributed by atoms with E-state index in [1.807, 2.05) is 6.92 Å². The molecule has 0 aromatic carbocycles. The molecule has 3 nitrogen and oxygen atoms in total. The van der Waals surface area contributed by atoms with Crippen LogP contribution in [0.1, 0.15) is 26.2 Å². The second kappa shape index (κ2) is 4.04. The summed E-state index contributed by atoms with van der Waals surface area (Å²) >= 11 is 0. The molecule has 1 aliphatic heterocycles.